The van der Waals surface area contributed by atoms with Crippen LogP contribution in [-0.4, -0.2) is 35.3 Å². The fraction of sp³-hybridized carbons (Fsp3) is 0.630. The topological polar surface area (TPSA) is 61.4 Å². The van der Waals surface area contributed by atoms with Gasteiger partial charge in [-0.25, -0.2) is 4.39 Å². The molecule has 0 aromatic heterocycles. The zero-order valence-corrected chi connectivity index (χ0v) is 19.3. The van der Waals surface area contributed by atoms with Crippen LogP contribution in [0.3, 0.4) is 0 Å². The Morgan fingerprint density at radius 1 is 1.15 bits per heavy atom. The number of hydrogen-bond donors (Lipinski definition) is 2. The molecule has 7 rings (SSSR count). The van der Waals surface area contributed by atoms with E-state index in [1.807, 2.05) is 6.07 Å². The monoisotopic (exact) mass is 451 g/mol. The normalized spacial score (nSPS) is 35.1. The smallest absolute Gasteiger partial charge is 0.255 e. The molecule has 2 aliphatic heterocycles. The summed E-state index contributed by atoms with van der Waals surface area (Å²) in [6.07, 6.45) is 10.8. The molecule has 33 heavy (non-hydrogen) atoms. The average Bonchev–Trinajstić information content (AvgIpc) is 3.06. The average molecular weight is 452 g/mol. The lowest BCUT2D eigenvalue weighted by Gasteiger charge is -2.62. The Balaban J connectivity index is 1.16. The number of nitrogens with zero attached hydrogens (tertiary/aromatic N) is 1. The van der Waals surface area contributed by atoms with Crippen molar-refractivity contribution >= 4 is 11.8 Å². The molecule has 5 nitrogen and oxygen atoms in total. The molecule has 4 aliphatic carbocycles. The third-order valence-electron chi connectivity index (χ3n) is 9.14. The summed E-state index contributed by atoms with van der Waals surface area (Å²) in [5, 5.41) is 6.62. The number of fused-ring (bicyclic) bond motifs is 1. The van der Waals surface area contributed by atoms with E-state index in [0.29, 0.717) is 59.0 Å². The van der Waals surface area contributed by atoms with E-state index < -0.39 is 6.04 Å². The summed E-state index contributed by atoms with van der Waals surface area (Å²) in [5.41, 5.74) is 2.85. The maximum absolute atomic E-state index is 15.7. The van der Waals surface area contributed by atoms with Crippen molar-refractivity contribution in [1.82, 2.24) is 15.5 Å². The second kappa shape index (κ2) is 7.93. The molecule has 1 aromatic carbocycles. The van der Waals surface area contributed by atoms with Crippen molar-refractivity contribution in [2.24, 2.45) is 17.3 Å². The van der Waals surface area contributed by atoms with Crippen molar-refractivity contribution in [3.8, 4) is 0 Å². The maximum Gasteiger partial charge on any atom is 0.255 e. The lowest BCUT2D eigenvalue weighted by Crippen LogP contribution is -2.58. The largest absolute Gasteiger partial charge is 0.329 e. The van der Waals surface area contributed by atoms with Gasteiger partial charge in [0.25, 0.3) is 5.91 Å². The molecule has 6 heteroatoms. The van der Waals surface area contributed by atoms with Crippen molar-refractivity contribution in [2.75, 3.05) is 6.54 Å². The van der Waals surface area contributed by atoms with Gasteiger partial charge in [0.2, 0.25) is 5.91 Å². The number of nitrogens with one attached hydrogen (secondary N) is 2. The number of carbonyl (C=O) groups excluding carboxylic acids is 2. The quantitative estimate of drug-likeness (QED) is 0.686. The Labute approximate surface area is 195 Å². The first-order chi connectivity index (χ1) is 15.9. The number of rotatable bonds is 6. The minimum absolute atomic E-state index is 0.175. The molecule has 2 bridgehead atoms. The molecule has 5 fully saturated rings. The van der Waals surface area contributed by atoms with Gasteiger partial charge in [-0.05, 0) is 80.2 Å². The Morgan fingerprint density at radius 2 is 1.94 bits per heavy atom. The first-order valence-corrected chi connectivity index (χ1v) is 12.8. The number of halogens is 1. The van der Waals surface area contributed by atoms with Gasteiger partial charge in [-0.3, -0.25) is 9.59 Å². The molecule has 1 saturated heterocycles. The van der Waals surface area contributed by atoms with Crippen LogP contribution in [0.2, 0.25) is 0 Å². The van der Waals surface area contributed by atoms with Crippen LogP contribution >= 0.6 is 0 Å². The van der Waals surface area contributed by atoms with Crippen molar-refractivity contribution < 1.29 is 14.0 Å². The molecule has 176 valence electrons. The molecule has 4 saturated carbocycles. The van der Waals surface area contributed by atoms with Gasteiger partial charge in [0.1, 0.15) is 11.9 Å². The molecule has 1 aromatic rings. The Kier molecular flexibility index (Phi) is 5.13. The van der Waals surface area contributed by atoms with Gasteiger partial charge in [0, 0.05) is 29.4 Å². The number of amides is 2. The van der Waals surface area contributed by atoms with Crippen LogP contribution in [0.5, 0.6) is 0 Å². The molecule has 2 amide bonds. The first kappa shape index (κ1) is 21.3. The van der Waals surface area contributed by atoms with Crippen molar-refractivity contribution in [2.45, 2.75) is 82.8 Å². The molecule has 0 radical (unpaired) electrons. The van der Waals surface area contributed by atoms with Gasteiger partial charge < -0.3 is 15.5 Å². The molecule has 2 heterocycles. The van der Waals surface area contributed by atoms with E-state index in [1.54, 1.807) is 6.07 Å². The minimum Gasteiger partial charge on any atom is -0.329 e. The molecule has 1 unspecified atom stereocenters. The predicted molar refractivity (Wildman–Crippen MR) is 124 cm³/mol. The summed E-state index contributed by atoms with van der Waals surface area (Å²) < 4.78 is 15.7. The lowest BCUT2D eigenvalue weighted by molar-refractivity contribution is -0.126. The van der Waals surface area contributed by atoms with Gasteiger partial charge in [0.15, 0.2) is 0 Å². The van der Waals surface area contributed by atoms with Crippen molar-refractivity contribution in [3.05, 3.63) is 46.9 Å². The van der Waals surface area contributed by atoms with Crippen LogP contribution in [0.4, 0.5) is 4.39 Å². The Morgan fingerprint density at radius 3 is 2.67 bits per heavy atom. The fourth-order valence-electron chi connectivity index (χ4n) is 7.12. The fourth-order valence-corrected chi connectivity index (χ4v) is 7.12. The highest BCUT2D eigenvalue weighted by molar-refractivity contribution is 6.01. The van der Waals surface area contributed by atoms with Gasteiger partial charge in [-0.15, -0.1) is 0 Å². The van der Waals surface area contributed by atoms with Crippen LogP contribution in [0.25, 0.3) is 0 Å². The molecular weight excluding hydrogens is 417 g/mol. The highest BCUT2D eigenvalue weighted by Crippen LogP contribution is 2.64. The van der Waals surface area contributed by atoms with Crippen LogP contribution in [0.15, 0.2) is 24.4 Å². The maximum atomic E-state index is 15.7. The van der Waals surface area contributed by atoms with Crippen LogP contribution in [-0.2, 0) is 17.8 Å². The summed E-state index contributed by atoms with van der Waals surface area (Å²) >= 11 is 0. The van der Waals surface area contributed by atoms with Crippen LogP contribution < -0.4 is 10.6 Å². The van der Waals surface area contributed by atoms with Gasteiger partial charge >= 0.3 is 0 Å². The number of piperidine rings is 1. The van der Waals surface area contributed by atoms with Gasteiger partial charge in [0.05, 0.1) is 6.54 Å². The SMILES string of the molecule is C=C1CCC(N2Cc3c(ccc(C[C@H]4CCCC[C@@H]4NCC45CC(C4)C5)c3F)C2=O)C(=O)N1. The van der Waals surface area contributed by atoms with Gasteiger partial charge in [-0.2, -0.15) is 0 Å². The predicted octanol–water partition coefficient (Wildman–Crippen LogP) is 4.06. The Bertz CT molecular complexity index is 1000. The Hall–Kier alpha value is -2.21. The van der Waals surface area contributed by atoms with E-state index in [-0.39, 0.29) is 24.2 Å². The molecule has 3 atom stereocenters. The van der Waals surface area contributed by atoms with E-state index in [0.717, 1.165) is 18.9 Å². The minimum atomic E-state index is -0.554. The number of carbonyl (C=O) groups is 2. The first-order valence-electron chi connectivity index (χ1n) is 12.8. The van der Waals surface area contributed by atoms with Crippen molar-refractivity contribution in [1.29, 1.82) is 0 Å². The number of hydrogen-bond acceptors (Lipinski definition) is 3. The summed E-state index contributed by atoms with van der Waals surface area (Å²) in [6.45, 7) is 5.10. The standard InChI is InChI=1S/C27H34FN3O2/c1-16-6-9-23(25(32)30-16)31-14-21-20(26(31)33)8-7-19(24(21)28)10-18-4-2-3-5-22(18)29-15-27-11-17(12-27)13-27/h7-8,17-18,22-23,29H,1-6,9-15H2,(H,30,32)/t17?,18-,22+,23?,27?/m1/s1. The lowest BCUT2D eigenvalue weighted by atomic mass is 9.44. The number of benzene rings is 1. The van der Waals surface area contributed by atoms with E-state index in [9.17, 15) is 9.59 Å². The summed E-state index contributed by atoms with van der Waals surface area (Å²) in [4.78, 5) is 27.0. The van der Waals surface area contributed by atoms with Crippen LogP contribution in [0.1, 0.15) is 79.3 Å². The molecule has 2 N–H and O–H groups in total. The highest BCUT2D eigenvalue weighted by Gasteiger charge is 2.56. The van der Waals surface area contributed by atoms with Crippen LogP contribution in [0, 0.1) is 23.1 Å². The molecule has 6 aliphatic rings. The van der Waals surface area contributed by atoms with Crippen molar-refractivity contribution in [3.63, 3.8) is 0 Å². The summed E-state index contributed by atoms with van der Waals surface area (Å²) in [7, 11) is 0. The van der Waals surface area contributed by atoms with E-state index in [2.05, 4.69) is 17.2 Å². The molecule has 0 spiro atoms. The third kappa shape index (κ3) is 3.61. The second-order valence-electron chi connectivity index (χ2n) is 11.4. The van der Waals surface area contributed by atoms with E-state index in [4.69, 9.17) is 0 Å². The van der Waals surface area contributed by atoms with Gasteiger partial charge in [-0.1, -0.05) is 25.5 Å². The third-order valence-corrected chi connectivity index (χ3v) is 9.14. The highest BCUT2D eigenvalue weighted by atomic mass is 19.1. The van der Waals surface area contributed by atoms with E-state index in [1.165, 1.54) is 43.4 Å². The molecular formula is C27H34FN3O2. The van der Waals surface area contributed by atoms with E-state index >= 15 is 4.39 Å². The summed E-state index contributed by atoms with van der Waals surface area (Å²) in [5.74, 6) is 0.733. The summed E-state index contributed by atoms with van der Waals surface area (Å²) in [6, 6.07) is 3.49. The second-order valence-corrected chi connectivity index (χ2v) is 11.4. The number of allylic oxidation sites excluding steroid dienone is 1. The zero-order chi connectivity index (χ0) is 22.7. The zero-order valence-electron chi connectivity index (χ0n) is 19.3.